The average Bonchev–Trinajstić information content (AvgIpc) is 1.21. The molecule has 4 N–H and O–H groups in total. The summed E-state index contributed by atoms with van der Waals surface area (Å²) in [7, 11) is -7.64. The molecule has 0 aliphatic heterocycles. The fraction of sp³-hybridized carbons (Fsp3) is 0. The van der Waals surface area contributed by atoms with E-state index in [2.05, 4.69) is 4.31 Å². The Labute approximate surface area is 96.4 Å². The normalized spacial score (nSPS) is 11.2. The van der Waals surface area contributed by atoms with Crippen LogP contribution in [0.4, 0.5) is 0 Å². The van der Waals surface area contributed by atoms with Gasteiger partial charge in [0.25, 0.3) is 0 Å². The van der Waals surface area contributed by atoms with Crippen molar-refractivity contribution in [2.45, 2.75) is 0 Å². The largest absolute Gasteiger partial charge is 1.00 e. The second-order valence-electron chi connectivity index (χ2n) is 0.825. The molecule has 0 aromatic rings. The number of phosphoric acid groups is 1. The molecule has 0 spiro atoms. The van der Waals surface area contributed by atoms with E-state index in [1.165, 1.54) is 0 Å². The van der Waals surface area contributed by atoms with E-state index >= 15 is 0 Å². The van der Waals surface area contributed by atoms with E-state index in [9.17, 15) is 4.57 Å². The molecule has 0 rings (SSSR count). The van der Waals surface area contributed by atoms with Gasteiger partial charge in [-0.3, -0.25) is 0 Å². The average molecular weight is 202 g/mol. The first-order valence-electron chi connectivity index (χ1n) is 1.35. The van der Waals surface area contributed by atoms with Gasteiger partial charge in [0, 0.05) is 0 Å². The zero-order valence-corrected chi connectivity index (χ0v) is 9.41. The van der Waals surface area contributed by atoms with Crippen LogP contribution >= 0.6 is 16.4 Å². The second kappa shape index (κ2) is 5.71. The van der Waals surface area contributed by atoms with Crippen LogP contribution in [0.3, 0.4) is 0 Å². The van der Waals surface area contributed by atoms with E-state index in [0.29, 0.717) is 0 Å². The van der Waals surface area contributed by atoms with Crippen LogP contribution in [-0.4, -0.2) is 19.6 Å². The Morgan fingerprint density at radius 2 is 1.78 bits per heavy atom. The molecule has 0 amide bonds. The molecule has 0 saturated carbocycles. The molecule has 0 saturated heterocycles. The summed E-state index contributed by atoms with van der Waals surface area (Å²) in [5.41, 5.74) is 0. The standard InChI is InChI=1S/K.H4O6P2.H/c;1-7(2)6-8(3,4)5;/h;1-2H,(H2,3,4,5);/q+1;;-1. The molecule has 0 aromatic carbocycles. The zero-order chi connectivity index (χ0) is 6.78. The SMILES string of the molecule is O=P(O)(O)OP(O)O.[H-].[K+]. The molecule has 6 nitrogen and oxygen atoms in total. The maximum atomic E-state index is 9.61. The minimum Gasteiger partial charge on any atom is -1.00 e. The Balaban J connectivity index is -0.000000245. The van der Waals surface area contributed by atoms with E-state index in [4.69, 9.17) is 19.6 Å². The van der Waals surface area contributed by atoms with Crippen LogP contribution in [0.15, 0.2) is 0 Å². The summed E-state index contributed by atoms with van der Waals surface area (Å²) in [6, 6.07) is 0. The Bertz CT molecular complexity index is 108. The van der Waals surface area contributed by atoms with Crippen molar-refractivity contribution in [1.82, 2.24) is 0 Å². The Morgan fingerprint density at radius 3 is 1.78 bits per heavy atom. The Hall–Kier alpha value is 2.10. The van der Waals surface area contributed by atoms with Gasteiger partial charge in [-0.25, -0.2) is 8.88 Å². The third-order valence-corrected chi connectivity index (χ3v) is 1.61. The molecule has 0 aliphatic rings. The number of hydrogen-bond donors (Lipinski definition) is 4. The minimum absolute atomic E-state index is 0. The van der Waals surface area contributed by atoms with Crippen molar-refractivity contribution in [1.29, 1.82) is 0 Å². The molecular weight excluding hydrogens is 197 g/mol. The Morgan fingerprint density at radius 1 is 1.44 bits per heavy atom. The van der Waals surface area contributed by atoms with Crippen LogP contribution in [0.1, 0.15) is 1.43 Å². The van der Waals surface area contributed by atoms with Crippen LogP contribution in [0.5, 0.6) is 0 Å². The Kier molecular flexibility index (Phi) is 8.67. The fourth-order valence-electron chi connectivity index (χ4n) is 0.0951. The van der Waals surface area contributed by atoms with E-state index < -0.39 is 16.4 Å². The summed E-state index contributed by atoms with van der Waals surface area (Å²) < 4.78 is 12.9. The summed E-state index contributed by atoms with van der Waals surface area (Å²) in [6.45, 7) is 0. The van der Waals surface area contributed by atoms with Gasteiger partial charge in [0.15, 0.2) is 0 Å². The first-order chi connectivity index (χ1) is 3.42. The van der Waals surface area contributed by atoms with Crippen molar-refractivity contribution < 1.29 is 81.3 Å². The van der Waals surface area contributed by atoms with Crippen molar-refractivity contribution >= 4 is 16.4 Å². The summed E-state index contributed by atoms with van der Waals surface area (Å²) in [5.74, 6) is 0. The number of rotatable bonds is 2. The molecule has 0 bridgehead atoms. The topological polar surface area (TPSA) is 107 Å². The van der Waals surface area contributed by atoms with Crippen molar-refractivity contribution in [3.05, 3.63) is 0 Å². The first kappa shape index (κ1) is 13.7. The van der Waals surface area contributed by atoms with Crippen molar-refractivity contribution in [2.24, 2.45) is 0 Å². The monoisotopic (exact) mass is 202 g/mol. The van der Waals surface area contributed by atoms with Gasteiger partial charge in [-0.05, 0) is 0 Å². The van der Waals surface area contributed by atoms with Gasteiger partial charge in [0.1, 0.15) is 0 Å². The van der Waals surface area contributed by atoms with Gasteiger partial charge in [0.05, 0.1) is 0 Å². The predicted molar refractivity (Wildman–Crippen MR) is 25.6 cm³/mol. The molecule has 0 unspecified atom stereocenters. The molecule has 0 radical (unpaired) electrons. The van der Waals surface area contributed by atoms with Crippen LogP contribution in [0, 0.1) is 0 Å². The smallest absolute Gasteiger partial charge is 1.00 e. The zero-order valence-electron chi connectivity index (χ0n) is 5.50. The second-order valence-corrected chi connectivity index (χ2v) is 2.96. The summed E-state index contributed by atoms with van der Waals surface area (Å²) in [6.07, 6.45) is 0. The molecule has 0 heterocycles. The maximum absolute atomic E-state index is 9.61. The first-order valence-corrected chi connectivity index (χ1v) is 4.04. The van der Waals surface area contributed by atoms with Gasteiger partial charge in [0.2, 0.25) is 0 Å². The summed E-state index contributed by atoms with van der Waals surface area (Å²) in [4.78, 5) is 31.1. The van der Waals surface area contributed by atoms with Crippen LogP contribution in [0.2, 0.25) is 0 Å². The van der Waals surface area contributed by atoms with Gasteiger partial charge in [-0.15, -0.1) is 0 Å². The van der Waals surface area contributed by atoms with Gasteiger partial charge in [-0.2, -0.15) is 0 Å². The van der Waals surface area contributed by atoms with E-state index in [1.54, 1.807) is 0 Å². The van der Waals surface area contributed by atoms with E-state index in [-0.39, 0.29) is 52.8 Å². The predicted octanol–water partition coefficient (Wildman–Crippen LogP) is -3.58. The molecule has 0 atom stereocenters. The number of hydrogen-bond acceptors (Lipinski definition) is 4. The van der Waals surface area contributed by atoms with Gasteiger partial charge in [-0.1, -0.05) is 0 Å². The molecule has 0 fully saturated rings. The minimum atomic E-state index is -4.69. The third kappa shape index (κ3) is 13.1. The van der Waals surface area contributed by atoms with Gasteiger partial charge >= 0.3 is 67.8 Å². The molecule has 0 aromatic heterocycles. The van der Waals surface area contributed by atoms with Gasteiger partial charge < -0.3 is 21.0 Å². The molecular formula is H5KO6P2. The molecule has 52 valence electrons. The summed E-state index contributed by atoms with van der Waals surface area (Å²) >= 11 is 0. The van der Waals surface area contributed by atoms with Crippen LogP contribution in [-0.2, 0) is 8.88 Å². The van der Waals surface area contributed by atoms with Crippen LogP contribution in [0.25, 0.3) is 0 Å². The third-order valence-electron chi connectivity index (χ3n) is 0.179. The maximum Gasteiger partial charge on any atom is 1.00 e. The van der Waals surface area contributed by atoms with Crippen molar-refractivity contribution in [2.75, 3.05) is 0 Å². The fourth-order valence-corrected chi connectivity index (χ4v) is 0.856. The van der Waals surface area contributed by atoms with Crippen LogP contribution < -0.4 is 51.4 Å². The quantitative estimate of drug-likeness (QED) is 0.272. The van der Waals surface area contributed by atoms with E-state index in [1.807, 2.05) is 0 Å². The molecule has 9 heteroatoms. The van der Waals surface area contributed by atoms with Crippen molar-refractivity contribution in [3.63, 3.8) is 0 Å². The molecule has 0 aliphatic carbocycles. The summed E-state index contributed by atoms with van der Waals surface area (Å²) in [5, 5.41) is 0. The van der Waals surface area contributed by atoms with Crippen molar-refractivity contribution in [3.8, 4) is 0 Å². The molecule has 9 heavy (non-hydrogen) atoms. The van der Waals surface area contributed by atoms with E-state index in [0.717, 1.165) is 0 Å².